The quantitative estimate of drug-likeness (QED) is 0.902. The molecule has 96 valence electrons. The lowest BCUT2D eigenvalue weighted by Crippen LogP contribution is -2.08. The van der Waals surface area contributed by atoms with Gasteiger partial charge >= 0.3 is 0 Å². The molecule has 0 saturated carbocycles. The monoisotopic (exact) mass is 244 g/mol. The van der Waals surface area contributed by atoms with Gasteiger partial charge in [0.25, 0.3) is 0 Å². The van der Waals surface area contributed by atoms with E-state index in [4.69, 9.17) is 5.73 Å². The van der Waals surface area contributed by atoms with Crippen LogP contribution < -0.4 is 5.73 Å². The van der Waals surface area contributed by atoms with Crippen LogP contribution in [0.3, 0.4) is 0 Å². The van der Waals surface area contributed by atoms with Crippen LogP contribution in [-0.4, -0.2) is 14.8 Å². The maximum Gasteiger partial charge on any atom is 0.153 e. The lowest BCUT2D eigenvalue weighted by molar-refractivity contribution is 0.780. The summed E-state index contributed by atoms with van der Waals surface area (Å²) in [5.74, 6) is 0.838. The van der Waals surface area contributed by atoms with Crippen molar-refractivity contribution in [1.82, 2.24) is 14.8 Å². The molecule has 4 nitrogen and oxygen atoms in total. The molecule has 2 aromatic heterocycles. The minimum atomic E-state index is 0.00867. The van der Waals surface area contributed by atoms with Gasteiger partial charge in [0.15, 0.2) is 5.82 Å². The molecule has 0 spiro atoms. The summed E-state index contributed by atoms with van der Waals surface area (Å²) >= 11 is 0. The molecule has 1 atom stereocenters. The van der Waals surface area contributed by atoms with Gasteiger partial charge in [0, 0.05) is 17.9 Å². The van der Waals surface area contributed by atoms with E-state index in [0.717, 1.165) is 29.2 Å². The van der Waals surface area contributed by atoms with Crippen molar-refractivity contribution in [3.63, 3.8) is 0 Å². The van der Waals surface area contributed by atoms with E-state index in [1.807, 2.05) is 30.7 Å². The largest absolute Gasteiger partial charge is 0.324 e. The molecule has 0 aromatic carbocycles. The van der Waals surface area contributed by atoms with Gasteiger partial charge in [-0.25, -0.2) is 9.67 Å². The Labute approximate surface area is 108 Å². The smallest absolute Gasteiger partial charge is 0.153 e. The zero-order valence-electron chi connectivity index (χ0n) is 11.4. The van der Waals surface area contributed by atoms with Crippen molar-refractivity contribution < 1.29 is 0 Å². The first kappa shape index (κ1) is 12.8. The molecule has 0 aliphatic carbocycles. The second kappa shape index (κ2) is 4.90. The van der Waals surface area contributed by atoms with Gasteiger partial charge in [0.05, 0.1) is 5.69 Å². The van der Waals surface area contributed by atoms with E-state index in [1.165, 1.54) is 5.56 Å². The topological polar surface area (TPSA) is 56.7 Å². The molecule has 4 heteroatoms. The van der Waals surface area contributed by atoms with E-state index < -0.39 is 0 Å². The SMILES string of the molecule is CCc1c(C)nn(-c2cc(C(C)N)ccn2)c1C. The molecule has 0 fully saturated rings. The van der Waals surface area contributed by atoms with Gasteiger partial charge in [-0.15, -0.1) is 0 Å². The van der Waals surface area contributed by atoms with Gasteiger partial charge in [0.1, 0.15) is 0 Å². The average molecular weight is 244 g/mol. The summed E-state index contributed by atoms with van der Waals surface area (Å²) in [5.41, 5.74) is 10.5. The molecule has 0 amide bonds. The van der Waals surface area contributed by atoms with Crippen molar-refractivity contribution in [1.29, 1.82) is 0 Å². The Morgan fingerprint density at radius 1 is 1.39 bits per heavy atom. The van der Waals surface area contributed by atoms with Crippen LogP contribution >= 0.6 is 0 Å². The van der Waals surface area contributed by atoms with Crippen molar-refractivity contribution in [3.8, 4) is 5.82 Å². The molecule has 0 bridgehead atoms. The van der Waals surface area contributed by atoms with Crippen molar-refractivity contribution in [3.05, 3.63) is 40.8 Å². The zero-order chi connectivity index (χ0) is 13.3. The molecule has 0 aliphatic rings. The highest BCUT2D eigenvalue weighted by Gasteiger charge is 2.12. The van der Waals surface area contributed by atoms with E-state index in [2.05, 4.69) is 23.9 Å². The minimum Gasteiger partial charge on any atom is -0.324 e. The van der Waals surface area contributed by atoms with Crippen LogP contribution in [0.25, 0.3) is 5.82 Å². The van der Waals surface area contributed by atoms with Gasteiger partial charge < -0.3 is 5.73 Å². The van der Waals surface area contributed by atoms with Crippen LogP contribution in [0.4, 0.5) is 0 Å². The number of aromatic nitrogens is 3. The summed E-state index contributed by atoms with van der Waals surface area (Å²) in [5, 5.41) is 4.57. The summed E-state index contributed by atoms with van der Waals surface area (Å²) in [6.45, 7) is 8.24. The number of nitrogens with two attached hydrogens (primary N) is 1. The Hall–Kier alpha value is -1.68. The molecule has 1 unspecified atom stereocenters. The molecule has 0 radical (unpaired) electrons. The standard InChI is InChI=1S/C14H20N4/c1-5-13-10(3)17-18(11(13)4)14-8-12(9(2)15)6-7-16-14/h6-9H,5,15H2,1-4H3. The number of pyridine rings is 1. The summed E-state index contributed by atoms with van der Waals surface area (Å²) in [6, 6.07) is 3.96. The average Bonchev–Trinajstić information content (AvgIpc) is 2.64. The van der Waals surface area contributed by atoms with Crippen LogP contribution in [0.15, 0.2) is 18.3 Å². The Balaban J connectivity index is 2.52. The number of nitrogens with zero attached hydrogens (tertiary/aromatic N) is 3. The number of hydrogen-bond acceptors (Lipinski definition) is 3. The first-order valence-corrected chi connectivity index (χ1v) is 6.31. The molecule has 2 rings (SSSR count). The van der Waals surface area contributed by atoms with Crippen molar-refractivity contribution in [2.24, 2.45) is 5.73 Å². The van der Waals surface area contributed by atoms with E-state index in [-0.39, 0.29) is 6.04 Å². The first-order valence-electron chi connectivity index (χ1n) is 6.31. The Morgan fingerprint density at radius 2 is 2.11 bits per heavy atom. The fourth-order valence-corrected chi connectivity index (χ4v) is 2.24. The predicted molar refractivity (Wildman–Crippen MR) is 72.8 cm³/mol. The lowest BCUT2D eigenvalue weighted by Gasteiger charge is -2.08. The molecular weight excluding hydrogens is 224 g/mol. The second-order valence-electron chi connectivity index (χ2n) is 4.65. The first-order chi connectivity index (χ1) is 8.54. The van der Waals surface area contributed by atoms with Gasteiger partial charge in [-0.05, 0) is 50.5 Å². The van der Waals surface area contributed by atoms with Crippen molar-refractivity contribution in [2.45, 2.75) is 40.2 Å². The summed E-state index contributed by atoms with van der Waals surface area (Å²) in [7, 11) is 0. The van der Waals surface area contributed by atoms with Crippen molar-refractivity contribution in [2.75, 3.05) is 0 Å². The number of aryl methyl sites for hydroxylation is 1. The van der Waals surface area contributed by atoms with Gasteiger partial charge in [-0.2, -0.15) is 5.10 Å². The van der Waals surface area contributed by atoms with Crippen LogP contribution in [-0.2, 0) is 6.42 Å². The maximum absolute atomic E-state index is 5.90. The van der Waals surface area contributed by atoms with Gasteiger partial charge in [-0.1, -0.05) is 6.92 Å². The van der Waals surface area contributed by atoms with E-state index in [9.17, 15) is 0 Å². The van der Waals surface area contributed by atoms with Gasteiger partial charge in [0.2, 0.25) is 0 Å². The molecule has 18 heavy (non-hydrogen) atoms. The Morgan fingerprint density at radius 3 is 2.67 bits per heavy atom. The summed E-state index contributed by atoms with van der Waals surface area (Å²) in [6.07, 6.45) is 2.78. The molecule has 0 saturated heterocycles. The highest BCUT2D eigenvalue weighted by Crippen LogP contribution is 2.19. The van der Waals surface area contributed by atoms with Gasteiger partial charge in [-0.3, -0.25) is 0 Å². The minimum absolute atomic E-state index is 0.00867. The molecule has 2 heterocycles. The number of hydrogen-bond donors (Lipinski definition) is 1. The predicted octanol–water partition coefficient (Wildman–Crippen LogP) is 2.47. The lowest BCUT2D eigenvalue weighted by atomic mass is 10.1. The fraction of sp³-hybridized carbons (Fsp3) is 0.429. The normalized spacial score (nSPS) is 12.7. The van der Waals surface area contributed by atoms with E-state index in [0.29, 0.717) is 0 Å². The number of rotatable bonds is 3. The van der Waals surface area contributed by atoms with Crippen LogP contribution in [0.2, 0.25) is 0 Å². The summed E-state index contributed by atoms with van der Waals surface area (Å²) in [4.78, 5) is 4.39. The third kappa shape index (κ3) is 2.16. The van der Waals surface area contributed by atoms with E-state index in [1.54, 1.807) is 6.20 Å². The van der Waals surface area contributed by atoms with Crippen LogP contribution in [0.1, 0.15) is 42.4 Å². The van der Waals surface area contributed by atoms with Crippen LogP contribution in [0, 0.1) is 13.8 Å². The third-order valence-electron chi connectivity index (χ3n) is 3.31. The Bertz CT molecular complexity index is 555. The molecule has 2 aromatic rings. The highest BCUT2D eigenvalue weighted by atomic mass is 15.3. The van der Waals surface area contributed by atoms with E-state index >= 15 is 0 Å². The van der Waals surface area contributed by atoms with Crippen LogP contribution in [0.5, 0.6) is 0 Å². The molecule has 2 N–H and O–H groups in total. The fourth-order valence-electron chi connectivity index (χ4n) is 2.24. The molecule has 0 aliphatic heterocycles. The molecular formula is C14H20N4. The summed E-state index contributed by atoms with van der Waals surface area (Å²) < 4.78 is 1.90. The van der Waals surface area contributed by atoms with Crippen molar-refractivity contribution >= 4 is 0 Å². The Kier molecular flexibility index (Phi) is 3.48. The third-order valence-corrected chi connectivity index (χ3v) is 3.31. The zero-order valence-corrected chi connectivity index (χ0v) is 11.4. The second-order valence-corrected chi connectivity index (χ2v) is 4.65. The maximum atomic E-state index is 5.90. The highest BCUT2D eigenvalue weighted by molar-refractivity contribution is 5.35.